The van der Waals surface area contributed by atoms with Crippen LogP contribution >= 0.6 is 0 Å². The predicted molar refractivity (Wildman–Crippen MR) is 73.1 cm³/mol. The van der Waals surface area contributed by atoms with Gasteiger partial charge in [-0.1, -0.05) is 32.6 Å². The van der Waals surface area contributed by atoms with Crippen LogP contribution < -0.4 is 0 Å². The minimum Gasteiger partial charge on any atom is -0.300 e. The van der Waals surface area contributed by atoms with Gasteiger partial charge in [-0.15, -0.1) is 0 Å². The molecule has 3 fully saturated rings. The normalized spacial score (nSPS) is 44.3. The molecule has 3 aliphatic rings. The number of likely N-dealkylation sites (tertiary alicyclic amines) is 1. The molecule has 0 bridgehead atoms. The van der Waals surface area contributed by atoms with Crippen molar-refractivity contribution >= 4 is 0 Å². The first-order chi connectivity index (χ1) is 8.33. The van der Waals surface area contributed by atoms with E-state index in [0.29, 0.717) is 0 Å². The molecular formula is C16H29N. The summed E-state index contributed by atoms with van der Waals surface area (Å²) in [5.74, 6) is 3.16. The van der Waals surface area contributed by atoms with Crippen molar-refractivity contribution in [3.8, 4) is 0 Å². The summed E-state index contributed by atoms with van der Waals surface area (Å²) in [5.41, 5.74) is 0. The molecule has 4 unspecified atom stereocenters. The Labute approximate surface area is 107 Å². The lowest BCUT2D eigenvalue weighted by molar-refractivity contribution is 0.0499. The van der Waals surface area contributed by atoms with Gasteiger partial charge in [-0.3, -0.25) is 0 Å². The summed E-state index contributed by atoms with van der Waals surface area (Å²) >= 11 is 0. The van der Waals surface area contributed by atoms with Gasteiger partial charge in [0.15, 0.2) is 0 Å². The number of rotatable bonds is 1. The van der Waals surface area contributed by atoms with Crippen LogP contribution in [0.15, 0.2) is 0 Å². The summed E-state index contributed by atoms with van der Waals surface area (Å²) in [4.78, 5) is 2.85. The summed E-state index contributed by atoms with van der Waals surface area (Å²) in [6, 6.07) is 0.956. The summed E-state index contributed by atoms with van der Waals surface area (Å²) in [6.45, 7) is 5.23. The largest absolute Gasteiger partial charge is 0.300 e. The minimum absolute atomic E-state index is 0.952. The van der Waals surface area contributed by atoms with Gasteiger partial charge in [-0.2, -0.15) is 0 Å². The van der Waals surface area contributed by atoms with E-state index in [4.69, 9.17) is 0 Å². The van der Waals surface area contributed by atoms with Crippen LogP contribution in [0.25, 0.3) is 0 Å². The topological polar surface area (TPSA) is 3.24 Å². The molecule has 98 valence electrons. The second kappa shape index (κ2) is 5.30. The second-order valence-corrected chi connectivity index (χ2v) is 7.01. The average molecular weight is 235 g/mol. The summed E-state index contributed by atoms with van der Waals surface area (Å²) in [7, 11) is 0. The lowest BCUT2D eigenvalue weighted by atomic mass is 9.69. The van der Waals surface area contributed by atoms with Crippen molar-refractivity contribution in [3.05, 3.63) is 0 Å². The molecule has 17 heavy (non-hydrogen) atoms. The fourth-order valence-corrected chi connectivity index (χ4v) is 4.74. The number of hydrogen-bond acceptors (Lipinski definition) is 1. The Morgan fingerprint density at radius 3 is 2.47 bits per heavy atom. The predicted octanol–water partition coefficient (Wildman–Crippen LogP) is 4.08. The second-order valence-electron chi connectivity index (χ2n) is 7.01. The Bertz CT molecular complexity index is 250. The molecule has 1 heterocycles. The fraction of sp³-hybridized carbons (Fsp3) is 1.00. The molecule has 0 aromatic heterocycles. The van der Waals surface area contributed by atoms with Crippen LogP contribution in [0.5, 0.6) is 0 Å². The zero-order valence-corrected chi connectivity index (χ0v) is 11.5. The van der Waals surface area contributed by atoms with Crippen LogP contribution in [-0.2, 0) is 0 Å². The Balaban J connectivity index is 1.57. The maximum absolute atomic E-state index is 2.85. The quantitative estimate of drug-likeness (QED) is 0.662. The molecule has 2 saturated carbocycles. The lowest BCUT2D eigenvalue weighted by Gasteiger charge is -2.45. The highest BCUT2D eigenvalue weighted by molar-refractivity contribution is 4.88. The van der Waals surface area contributed by atoms with E-state index < -0.39 is 0 Å². The van der Waals surface area contributed by atoms with Crippen LogP contribution in [-0.4, -0.2) is 24.0 Å². The molecular weight excluding hydrogens is 206 g/mol. The van der Waals surface area contributed by atoms with E-state index >= 15 is 0 Å². The van der Waals surface area contributed by atoms with E-state index in [2.05, 4.69) is 11.8 Å². The third-order valence-corrected chi connectivity index (χ3v) is 5.72. The molecule has 0 spiro atoms. The van der Waals surface area contributed by atoms with Crippen molar-refractivity contribution in [1.82, 2.24) is 4.90 Å². The number of hydrogen-bond donors (Lipinski definition) is 0. The van der Waals surface area contributed by atoms with Crippen LogP contribution in [0.1, 0.15) is 64.7 Å². The van der Waals surface area contributed by atoms with Gasteiger partial charge in [-0.05, 0) is 56.4 Å². The molecule has 0 N–H and O–H groups in total. The van der Waals surface area contributed by atoms with Crippen molar-refractivity contribution in [2.45, 2.75) is 70.8 Å². The highest BCUT2D eigenvalue weighted by Crippen LogP contribution is 2.42. The van der Waals surface area contributed by atoms with Crippen LogP contribution in [0, 0.1) is 17.8 Å². The van der Waals surface area contributed by atoms with Gasteiger partial charge in [0.2, 0.25) is 0 Å². The van der Waals surface area contributed by atoms with E-state index in [1.165, 1.54) is 51.6 Å². The molecule has 1 nitrogen and oxygen atoms in total. The Morgan fingerprint density at radius 1 is 0.824 bits per heavy atom. The molecule has 3 rings (SSSR count). The molecule has 1 saturated heterocycles. The molecule has 1 heteroatoms. The zero-order valence-electron chi connectivity index (χ0n) is 11.5. The van der Waals surface area contributed by atoms with Crippen molar-refractivity contribution in [3.63, 3.8) is 0 Å². The molecule has 2 aliphatic carbocycles. The highest BCUT2D eigenvalue weighted by Gasteiger charge is 2.35. The molecule has 1 aliphatic heterocycles. The summed E-state index contributed by atoms with van der Waals surface area (Å²) in [6.07, 6.45) is 13.6. The first-order valence-electron chi connectivity index (χ1n) is 8.07. The number of piperidine rings is 1. The van der Waals surface area contributed by atoms with Crippen molar-refractivity contribution < 1.29 is 0 Å². The number of nitrogens with zero attached hydrogens (tertiary/aromatic N) is 1. The van der Waals surface area contributed by atoms with Gasteiger partial charge >= 0.3 is 0 Å². The van der Waals surface area contributed by atoms with Crippen molar-refractivity contribution in [2.75, 3.05) is 13.1 Å². The molecule has 4 atom stereocenters. The monoisotopic (exact) mass is 235 g/mol. The third-order valence-electron chi connectivity index (χ3n) is 5.72. The summed E-state index contributed by atoms with van der Waals surface area (Å²) in [5, 5.41) is 0. The zero-order chi connectivity index (χ0) is 11.7. The first kappa shape index (κ1) is 12.0. The van der Waals surface area contributed by atoms with E-state index in [1.807, 2.05) is 0 Å². The highest BCUT2D eigenvalue weighted by atomic mass is 15.2. The fourth-order valence-electron chi connectivity index (χ4n) is 4.74. The molecule has 0 aromatic carbocycles. The molecule has 0 radical (unpaired) electrons. The maximum atomic E-state index is 2.85. The molecule has 0 aromatic rings. The van der Waals surface area contributed by atoms with E-state index in [1.54, 1.807) is 19.3 Å². The van der Waals surface area contributed by atoms with Crippen LogP contribution in [0.2, 0.25) is 0 Å². The van der Waals surface area contributed by atoms with Gasteiger partial charge in [-0.25, -0.2) is 0 Å². The minimum atomic E-state index is 0.952. The SMILES string of the molecule is CC1CCCN(C2CCC3CCCCC3C2)C1. The maximum Gasteiger partial charge on any atom is 0.00982 e. The van der Waals surface area contributed by atoms with Crippen molar-refractivity contribution in [2.24, 2.45) is 17.8 Å². The van der Waals surface area contributed by atoms with Gasteiger partial charge in [0.25, 0.3) is 0 Å². The third kappa shape index (κ3) is 2.70. The van der Waals surface area contributed by atoms with Gasteiger partial charge in [0, 0.05) is 12.6 Å². The van der Waals surface area contributed by atoms with E-state index in [9.17, 15) is 0 Å². The first-order valence-corrected chi connectivity index (χ1v) is 8.07. The Kier molecular flexibility index (Phi) is 3.75. The van der Waals surface area contributed by atoms with Crippen LogP contribution in [0.3, 0.4) is 0 Å². The summed E-state index contributed by atoms with van der Waals surface area (Å²) < 4.78 is 0. The van der Waals surface area contributed by atoms with Crippen molar-refractivity contribution in [1.29, 1.82) is 0 Å². The molecule has 0 amide bonds. The van der Waals surface area contributed by atoms with Gasteiger partial charge in [0.05, 0.1) is 0 Å². The van der Waals surface area contributed by atoms with E-state index in [-0.39, 0.29) is 0 Å². The van der Waals surface area contributed by atoms with Gasteiger partial charge in [0.1, 0.15) is 0 Å². The average Bonchev–Trinajstić information content (AvgIpc) is 2.38. The standard InChI is InChI=1S/C16H29N/c1-13-5-4-10-17(12-13)16-9-8-14-6-2-3-7-15(14)11-16/h13-16H,2-12H2,1H3. The van der Waals surface area contributed by atoms with E-state index in [0.717, 1.165) is 23.8 Å². The van der Waals surface area contributed by atoms with Crippen LogP contribution in [0.4, 0.5) is 0 Å². The Morgan fingerprint density at radius 2 is 1.65 bits per heavy atom. The lowest BCUT2D eigenvalue weighted by Crippen LogP contribution is -2.46. The number of fused-ring (bicyclic) bond motifs is 1. The Hall–Kier alpha value is -0.0400. The smallest absolute Gasteiger partial charge is 0.00982 e. The van der Waals surface area contributed by atoms with Gasteiger partial charge < -0.3 is 4.90 Å².